The first-order valence-electron chi connectivity index (χ1n) is 5.71. The second kappa shape index (κ2) is 5.71. The fraction of sp³-hybridized carbons (Fsp3) is 0.143. The summed E-state index contributed by atoms with van der Waals surface area (Å²) in [5, 5.41) is 9.03. The number of nitrogens with two attached hydrogens (primary N) is 1. The van der Waals surface area contributed by atoms with Gasteiger partial charge in [0.2, 0.25) is 0 Å². The van der Waals surface area contributed by atoms with Gasteiger partial charge in [-0.2, -0.15) is 10.2 Å². The fourth-order valence-corrected chi connectivity index (χ4v) is 1.73. The van der Waals surface area contributed by atoms with Crippen LogP contribution in [0.3, 0.4) is 0 Å². The van der Waals surface area contributed by atoms with Crippen LogP contribution in [0, 0.1) is 6.92 Å². The molecule has 0 saturated carbocycles. The Labute approximate surface area is 116 Å². The molecule has 0 bridgehead atoms. The molecule has 0 atom stereocenters. The van der Waals surface area contributed by atoms with Crippen LogP contribution in [0.25, 0.3) is 0 Å². The Bertz CT molecular complexity index is 609. The molecule has 2 N–H and O–H groups in total. The van der Waals surface area contributed by atoms with Crippen molar-refractivity contribution in [3.05, 3.63) is 47.0 Å². The van der Waals surface area contributed by atoms with Gasteiger partial charge in [-0.1, -0.05) is 11.6 Å². The molecule has 0 amide bonds. The van der Waals surface area contributed by atoms with Crippen molar-refractivity contribution in [1.82, 2.24) is 0 Å². The first kappa shape index (κ1) is 13.4. The molecule has 4 nitrogen and oxygen atoms in total. The van der Waals surface area contributed by atoms with Crippen molar-refractivity contribution < 1.29 is 4.74 Å². The van der Waals surface area contributed by atoms with Gasteiger partial charge >= 0.3 is 0 Å². The van der Waals surface area contributed by atoms with Crippen LogP contribution in [0.4, 0.5) is 17.1 Å². The molecule has 0 heterocycles. The highest BCUT2D eigenvalue weighted by Crippen LogP contribution is 2.31. The van der Waals surface area contributed by atoms with Gasteiger partial charge in [0.1, 0.15) is 5.75 Å². The molecular formula is C14H14ClN3O. The zero-order valence-electron chi connectivity index (χ0n) is 10.7. The molecule has 98 valence electrons. The second-order valence-electron chi connectivity index (χ2n) is 4.06. The maximum atomic E-state index is 5.81. The van der Waals surface area contributed by atoms with Crippen molar-refractivity contribution in [3.8, 4) is 5.75 Å². The van der Waals surface area contributed by atoms with Crippen LogP contribution in [0.2, 0.25) is 5.02 Å². The lowest BCUT2D eigenvalue weighted by molar-refractivity contribution is 0.417. The first-order chi connectivity index (χ1) is 9.10. The molecule has 0 unspecified atom stereocenters. The number of rotatable bonds is 3. The van der Waals surface area contributed by atoms with Crippen molar-refractivity contribution in [2.45, 2.75) is 6.92 Å². The van der Waals surface area contributed by atoms with Gasteiger partial charge in [0.05, 0.1) is 24.2 Å². The third-order valence-electron chi connectivity index (χ3n) is 2.65. The van der Waals surface area contributed by atoms with Crippen LogP contribution in [0.1, 0.15) is 5.56 Å². The number of benzene rings is 2. The number of aryl methyl sites for hydroxylation is 1. The molecule has 2 rings (SSSR count). The topological polar surface area (TPSA) is 60.0 Å². The Kier molecular flexibility index (Phi) is 4.02. The minimum atomic E-state index is 0.588. The smallest absolute Gasteiger partial charge is 0.143 e. The van der Waals surface area contributed by atoms with E-state index in [1.165, 1.54) is 0 Å². The van der Waals surface area contributed by atoms with Crippen LogP contribution in [-0.2, 0) is 0 Å². The molecule has 0 fully saturated rings. The quantitative estimate of drug-likeness (QED) is 0.654. The van der Waals surface area contributed by atoms with E-state index in [0.717, 1.165) is 16.9 Å². The van der Waals surface area contributed by atoms with Gasteiger partial charge in [0.25, 0.3) is 0 Å². The molecule has 5 heteroatoms. The molecular weight excluding hydrogens is 262 g/mol. The number of anilines is 1. The Morgan fingerprint density at radius 3 is 2.42 bits per heavy atom. The summed E-state index contributed by atoms with van der Waals surface area (Å²) in [5.74, 6) is 0.593. The zero-order valence-corrected chi connectivity index (χ0v) is 11.5. The first-order valence-corrected chi connectivity index (χ1v) is 6.09. The largest absolute Gasteiger partial charge is 0.495 e. The lowest BCUT2D eigenvalue weighted by Gasteiger charge is -2.07. The number of nitrogens with zero attached hydrogens (tertiary/aromatic N) is 2. The molecule has 2 aromatic carbocycles. The van der Waals surface area contributed by atoms with Crippen LogP contribution < -0.4 is 10.5 Å². The van der Waals surface area contributed by atoms with Gasteiger partial charge in [-0.3, -0.25) is 0 Å². The third-order valence-corrected chi connectivity index (χ3v) is 2.90. The predicted molar refractivity (Wildman–Crippen MR) is 77.8 cm³/mol. The average Bonchev–Trinajstić information content (AvgIpc) is 2.40. The van der Waals surface area contributed by atoms with E-state index in [9.17, 15) is 0 Å². The standard InChI is InChI=1S/C14H14ClN3O/c1-9-7-12(16)14(19-2)8-13(9)18-17-11-5-3-10(15)4-6-11/h3-8H,16H2,1-2H3/b18-17+. The Hall–Kier alpha value is -2.07. The molecule has 0 aliphatic heterocycles. The number of halogens is 1. The summed E-state index contributed by atoms with van der Waals surface area (Å²) in [6.07, 6.45) is 0. The van der Waals surface area contributed by atoms with E-state index >= 15 is 0 Å². The summed E-state index contributed by atoms with van der Waals surface area (Å²) in [6, 6.07) is 10.7. The van der Waals surface area contributed by atoms with E-state index in [1.807, 2.05) is 13.0 Å². The summed E-state index contributed by atoms with van der Waals surface area (Å²) < 4.78 is 5.16. The summed E-state index contributed by atoms with van der Waals surface area (Å²) in [6.45, 7) is 1.92. The minimum absolute atomic E-state index is 0.588. The second-order valence-corrected chi connectivity index (χ2v) is 4.49. The maximum Gasteiger partial charge on any atom is 0.143 e. The van der Waals surface area contributed by atoms with E-state index in [-0.39, 0.29) is 0 Å². The van der Waals surface area contributed by atoms with E-state index in [0.29, 0.717) is 16.5 Å². The lowest BCUT2D eigenvalue weighted by Crippen LogP contribution is -1.92. The van der Waals surface area contributed by atoms with Gasteiger partial charge in [-0.25, -0.2) is 0 Å². The minimum Gasteiger partial charge on any atom is -0.495 e. The van der Waals surface area contributed by atoms with E-state index in [1.54, 1.807) is 37.4 Å². The van der Waals surface area contributed by atoms with E-state index < -0.39 is 0 Å². The van der Waals surface area contributed by atoms with Gasteiger partial charge in [0, 0.05) is 11.1 Å². The number of nitrogen functional groups attached to an aromatic ring is 1. The van der Waals surface area contributed by atoms with Crippen molar-refractivity contribution in [2.75, 3.05) is 12.8 Å². The monoisotopic (exact) mass is 275 g/mol. The fourth-order valence-electron chi connectivity index (χ4n) is 1.60. The predicted octanol–water partition coefficient (Wildman–Crippen LogP) is 4.65. The lowest BCUT2D eigenvalue weighted by atomic mass is 10.1. The maximum absolute atomic E-state index is 5.81. The Morgan fingerprint density at radius 2 is 1.79 bits per heavy atom. The number of ether oxygens (including phenoxy) is 1. The molecule has 2 aromatic rings. The number of hydrogen-bond donors (Lipinski definition) is 1. The highest BCUT2D eigenvalue weighted by molar-refractivity contribution is 6.30. The third kappa shape index (κ3) is 3.23. The molecule has 0 aliphatic rings. The van der Waals surface area contributed by atoms with Gasteiger partial charge in [-0.15, -0.1) is 0 Å². The van der Waals surface area contributed by atoms with E-state index in [4.69, 9.17) is 22.1 Å². The highest BCUT2D eigenvalue weighted by atomic mass is 35.5. The number of methoxy groups -OCH3 is 1. The Balaban J connectivity index is 2.30. The van der Waals surface area contributed by atoms with Crippen molar-refractivity contribution in [2.24, 2.45) is 10.2 Å². The van der Waals surface area contributed by atoms with Crippen molar-refractivity contribution >= 4 is 28.7 Å². The Morgan fingerprint density at radius 1 is 1.11 bits per heavy atom. The molecule has 19 heavy (non-hydrogen) atoms. The summed E-state index contributed by atoms with van der Waals surface area (Å²) in [7, 11) is 1.57. The molecule has 0 spiro atoms. The van der Waals surface area contributed by atoms with Gasteiger partial charge < -0.3 is 10.5 Å². The van der Waals surface area contributed by atoms with Crippen LogP contribution in [0.15, 0.2) is 46.6 Å². The number of hydrogen-bond acceptors (Lipinski definition) is 4. The molecule has 0 radical (unpaired) electrons. The number of azo groups is 1. The van der Waals surface area contributed by atoms with Gasteiger partial charge in [0.15, 0.2) is 0 Å². The van der Waals surface area contributed by atoms with Crippen molar-refractivity contribution in [3.63, 3.8) is 0 Å². The summed E-state index contributed by atoms with van der Waals surface area (Å²) in [5.41, 5.74) is 8.80. The molecule has 0 aliphatic carbocycles. The van der Waals surface area contributed by atoms with Crippen molar-refractivity contribution in [1.29, 1.82) is 0 Å². The highest BCUT2D eigenvalue weighted by Gasteiger charge is 2.04. The average molecular weight is 276 g/mol. The van der Waals surface area contributed by atoms with Crippen LogP contribution in [-0.4, -0.2) is 7.11 Å². The van der Waals surface area contributed by atoms with Gasteiger partial charge in [-0.05, 0) is 42.8 Å². The van der Waals surface area contributed by atoms with Crippen LogP contribution >= 0.6 is 11.6 Å². The zero-order chi connectivity index (χ0) is 13.8. The van der Waals surface area contributed by atoms with Crippen LogP contribution in [0.5, 0.6) is 5.75 Å². The SMILES string of the molecule is COc1cc(/N=N/c2ccc(Cl)cc2)c(C)cc1N. The normalized spacial score (nSPS) is 10.9. The van der Waals surface area contributed by atoms with E-state index in [2.05, 4.69) is 10.2 Å². The summed E-state index contributed by atoms with van der Waals surface area (Å²) >= 11 is 5.81. The summed E-state index contributed by atoms with van der Waals surface area (Å²) in [4.78, 5) is 0. The molecule has 0 saturated heterocycles. The molecule has 0 aromatic heterocycles.